The third kappa shape index (κ3) is 4.65. The molecule has 0 aliphatic heterocycles. The summed E-state index contributed by atoms with van der Waals surface area (Å²) >= 11 is 5.99. The third-order valence-electron chi connectivity index (χ3n) is 3.92. The number of hydrogen-bond acceptors (Lipinski definition) is 3. The number of rotatable bonds is 5. The van der Waals surface area contributed by atoms with Gasteiger partial charge < -0.3 is 16.4 Å². The maximum absolute atomic E-state index is 12.5. The molecule has 7 nitrogen and oxygen atoms in total. The first kappa shape index (κ1) is 18.5. The molecule has 3 aromatic rings. The van der Waals surface area contributed by atoms with E-state index in [1.54, 1.807) is 53.3 Å². The molecule has 1 atom stereocenters. The van der Waals surface area contributed by atoms with Crippen LogP contribution in [0.5, 0.6) is 0 Å². The number of aromatic nitrogens is 2. The minimum Gasteiger partial charge on any atom is -0.351 e. The number of hydrogen-bond donors (Lipinski definition) is 3. The fourth-order valence-electron chi connectivity index (χ4n) is 2.56. The molecule has 27 heavy (non-hydrogen) atoms. The van der Waals surface area contributed by atoms with E-state index in [1.807, 2.05) is 19.1 Å². The van der Waals surface area contributed by atoms with Gasteiger partial charge in [0, 0.05) is 16.9 Å². The molecule has 138 valence electrons. The third-order valence-corrected chi connectivity index (χ3v) is 4.16. The van der Waals surface area contributed by atoms with Crippen molar-refractivity contribution in [1.82, 2.24) is 15.1 Å². The molecular formula is C19H18ClN5O2. The van der Waals surface area contributed by atoms with Gasteiger partial charge in [0.05, 0.1) is 11.7 Å². The van der Waals surface area contributed by atoms with Crippen molar-refractivity contribution in [2.75, 3.05) is 5.32 Å². The number of urea groups is 1. The van der Waals surface area contributed by atoms with Crippen molar-refractivity contribution in [3.8, 4) is 5.69 Å². The Hall–Kier alpha value is -3.32. The van der Waals surface area contributed by atoms with Crippen molar-refractivity contribution in [2.45, 2.75) is 13.0 Å². The van der Waals surface area contributed by atoms with E-state index in [2.05, 4.69) is 15.7 Å². The molecule has 0 spiro atoms. The van der Waals surface area contributed by atoms with Crippen LogP contribution in [0, 0.1) is 0 Å². The van der Waals surface area contributed by atoms with Gasteiger partial charge in [-0.15, -0.1) is 0 Å². The smallest absolute Gasteiger partial charge is 0.316 e. The number of benzene rings is 2. The molecule has 0 bridgehead atoms. The molecule has 0 saturated heterocycles. The molecule has 0 aliphatic rings. The number of nitrogens with two attached hydrogens (primary N) is 1. The fourth-order valence-corrected chi connectivity index (χ4v) is 2.74. The van der Waals surface area contributed by atoms with Crippen LogP contribution < -0.4 is 16.4 Å². The summed E-state index contributed by atoms with van der Waals surface area (Å²) < 4.78 is 1.59. The first-order chi connectivity index (χ1) is 12.9. The van der Waals surface area contributed by atoms with Crippen molar-refractivity contribution in [2.24, 2.45) is 5.73 Å². The number of anilines is 1. The zero-order chi connectivity index (χ0) is 19.4. The minimum atomic E-state index is -0.626. The van der Waals surface area contributed by atoms with E-state index in [1.165, 1.54) is 0 Å². The van der Waals surface area contributed by atoms with Crippen LogP contribution in [0.25, 0.3) is 5.69 Å². The van der Waals surface area contributed by atoms with Crippen LogP contribution in [0.2, 0.25) is 5.02 Å². The monoisotopic (exact) mass is 383 g/mol. The predicted molar refractivity (Wildman–Crippen MR) is 104 cm³/mol. The summed E-state index contributed by atoms with van der Waals surface area (Å²) in [5, 5.41) is 10.3. The standard InChI is InChI=1S/C19H18ClN5O2/c1-12(13-5-7-15(8-6-13)23-19(21)27)22-18(26)17-9-10-25(24-17)16-4-2-3-14(20)11-16/h2-12H,1H3,(H,22,26)(H3,21,23,27). The topological polar surface area (TPSA) is 102 Å². The second kappa shape index (κ2) is 7.92. The van der Waals surface area contributed by atoms with E-state index in [-0.39, 0.29) is 11.9 Å². The summed E-state index contributed by atoms with van der Waals surface area (Å²) in [7, 11) is 0. The van der Waals surface area contributed by atoms with E-state index < -0.39 is 6.03 Å². The number of carbonyl (C=O) groups excluding carboxylic acids is 2. The number of amides is 3. The lowest BCUT2D eigenvalue weighted by atomic mass is 10.1. The molecule has 0 aliphatic carbocycles. The summed E-state index contributed by atoms with van der Waals surface area (Å²) in [6, 6.07) is 15.0. The molecule has 2 aromatic carbocycles. The largest absolute Gasteiger partial charge is 0.351 e. The lowest BCUT2D eigenvalue weighted by Gasteiger charge is -2.14. The summed E-state index contributed by atoms with van der Waals surface area (Å²) in [4.78, 5) is 23.3. The highest BCUT2D eigenvalue weighted by molar-refractivity contribution is 6.30. The van der Waals surface area contributed by atoms with Gasteiger partial charge in [-0.25, -0.2) is 9.48 Å². The molecule has 3 rings (SSSR count). The van der Waals surface area contributed by atoms with Crippen LogP contribution in [0.3, 0.4) is 0 Å². The molecule has 4 N–H and O–H groups in total. The van der Waals surface area contributed by atoms with Crippen LogP contribution in [0.15, 0.2) is 60.8 Å². The Morgan fingerprint density at radius 3 is 2.56 bits per heavy atom. The predicted octanol–water partition coefficient (Wildman–Crippen LogP) is 3.51. The van der Waals surface area contributed by atoms with Crippen LogP contribution >= 0.6 is 11.6 Å². The summed E-state index contributed by atoms with van der Waals surface area (Å²) in [5.74, 6) is -0.289. The van der Waals surface area contributed by atoms with Crippen molar-refractivity contribution < 1.29 is 9.59 Å². The van der Waals surface area contributed by atoms with E-state index >= 15 is 0 Å². The molecule has 1 unspecified atom stereocenters. The number of halogens is 1. The summed E-state index contributed by atoms with van der Waals surface area (Å²) in [6.45, 7) is 1.86. The maximum atomic E-state index is 12.5. The average Bonchev–Trinajstić information content (AvgIpc) is 3.12. The van der Waals surface area contributed by atoms with Crippen molar-refractivity contribution in [3.05, 3.63) is 77.1 Å². The highest BCUT2D eigenvalue weighted by atomic mass is 35.5. The highest BCUT2D eigenvalue weighted by Gasteiger charge is 2.14. The number of nitrogens with zero attached hydrogens (tertiary/aromatic N) is 2. The van der Waals surface area contributed by atoms with E-state index in [9.17, 15) is 9.59 Å². The summed E-state index contributed by atoms with van der Waals surface area (Å²) in [6.07, 6.45) is 1.70. The Bertz CT molecular complexity index is 968. The van der Waals surface area contributed by atoms with Crippen LogP contribution in [0.4, 0.5) is 10.5 Å². The van der Waals surface area contributed by atoms with E-state index in [4.69, 9.17) is 17.3 Å². The molecule has 1 heterocycles. The molecule has 0 radical (unpaired) electrons. The normalized spacial score (nSPS) is 11.6. The number of carbonyl (C=O) groups is 2. The van der Waals surface area contributed by atoms with Crippen LogP contribution in [-0.2, 0) is 0 Å². The number of primary amides is 1. The Labute approximate surface area is 161 Å². The van der Waals surface area contributed by atoms with Crippen molar-refractivity contribution >= 4 is 29.2 Å². The summed E-state index contributed by atoms with van der Waals surface area (Å²) in [5.41, 5.74) is 7.62. The van der Waals surface area contributed by atoms with Gasteiger partial charge in [-0.1, -0.05) is 29.8 Å². The highest BCUT2D eigenvalue weighted by Crippen LogP contribution is 2.17. The maximum Gasteiger partial charge on any atom is 0.316 e. The quantitative estimate of drug-likeness (QED) is 0.628. The van der Waals surface area contributed by atoms with Crippen LogP contribution in [-0.4, -0.2) is 21.7 Å². The molecular weight excluding hydrogens is 366 g/mol. The zero-order valence-corrected chi connectivity index (χ0v) is 15.3. The Balaban J connectivity index is 1.67. The van der Waals surface area contributed by atoms with Gasteiger partial charge in [-0.3, -0.25) is 4.79 Å². The SMILES string of the molecule is CC(NC(=O)c1ccn(-c2cccc(Cl)c2)n1)c1ccc(NC(N)=O)cc1. The Morgan fingerprint density at radius 1 is 1.15 bits per heavy atom. The minimum absolute atomic E-state index is 0.239. The van der Waals surface area contributed by atoms with Gasteiger partial charge in [0.25, 0.3) is 5.91 Å². The second-order valence-corrected chi connectivity index (χ2v) is 6.37. The van der Waals surface area contributed by atoms with E-state index in [0.717, 1.165) is 11.3 Å². The average molecular weight is 384 g/mol. The van der Waals surface area contributed by atoms with Crippen LogP contribution in [0.1, 0.15) is 29.0 Å². The Morgan fingerprint density at radius 2 is 1.89 bits per heavy atom. The number of nitrogens with one attached hydrogen (secondary N) is 2. The van der Waals surface area contributed by atoms with Gasteiger partial charge in [-0.2, -0.15) is 5.10 Å². The van der Waals surface area contributed by atoms with Crippen molar-refractivity contribution in [1.29, 1.82) is 0 Å². The fraction of sp³-hybridized carbons (Fsp3) is 0.105. The molecule has 0 saturated carbocycles. The zero-order valence-electron chi connectivity index (χ0n) is 14.5. The molecule has 0 fully saturated rings. The lowest BCUT2D eigenvalue weighted by molar-refractivity contribution is 0.0934. The molecule has 8 heteroatoms. The van der Waals surface area contributed by atoms with Gasteiger partial charge in [-0.05, 0) is 48.9 Å². The van der Waals surface area contributed by atoms with E-state index in [0.29, 0.717) is 16.4 Å². The second-order valence-electron chi connectivity index (χ2n) is 5.93. The lowest BCUT2D eigenvalue weighted by Crippen LogP contribution is -2.27. The van der Waals surface area contributed by atoms with Gasteiger partial charge in [0.1, 0.15) is 0 Å². The van der Waals surface area contributed by atoms with Gasteiger partial charge in [0.2, 0.25) is 0 Å². The van der Waals surface area contributed by atoms with Crippen molar-refractivity contribution in [3.63, 3.8) is 0 Å². The van der Waals surface area contributed by atoms with Gasteiger partial charge >= 0.3 is 6.03 Å². The first-order valence-electron chi connectivity index (χ1n) is 8.21. The van der Waals surface area contributed by atoms with Gasteiger partial charge in [0.15, 0.2) is 5.69 Å². The Kier molecular flexibility index (Phi) is 5.42. The molecule has 1 aromatic heterocycles. The first-order valence-corrected chi connectivity index (χ1v) is 8.59. The molecule has 3 amide bonds.